The van der Waals surface area contributed by atoms with Crippen LogP contribution in [0, 0.1) is 12.7 Å². The van der Waals surface area contributed by atoms with E-state index in [-0.39, 0.29) is 11.6 Å². The molecule has 3 rings (SSSR count). The Labute approximate surface area is 113 Å². The molecule has 0 aliphatic carbocycles. The van der Waals surface area contributed by atoms with Crippen molar-refractivity contribution < 1.29 is 8.91 Å². The van der Waals surface area contributed by atoms with E-state index in [1.54, 1.807) is 6.07 Å². The molecule has 1 unspecified atom stereocenters. The van der Waals surface area contributed by atoms with E-state index in [0.29, 0.717) is 0 Å². The lowest BCUT2D eigenvalue weighted by Crippen LogP contribution is -1.97. The van der Waals surface area contributed by atoms with Crippen LogP contribution >= 0.6 is 9.47 Å². The van der Waals surface area contributed by atoms with Crippen molar-refractivity contribution in [3.63, 3.8) is 0 Å². The maximum absolute atomic E-state index is 13.8. The van der Waals surface area contributed by atoms with E-state index in [1.165, 1.54) is 6.07 Å². The number of benzene rings is 2. The number of rotatable bonds is 2. The van der Waals surface area contributed by atoms with Crippen molar-refractivity contribution in [2.45, 2.75) is 6.92 Å². The number of aryl methyl sites for hydroxylation is 1. The van der Waals surface area contributed by atoms with Crippen LogP contribution in [0.15, 0.2) is 48.5 Å². The highest BCUT2D eigenvalue weighted by molar-refractivity contribution is 7.10. The molecule has 3 aromatic rings. The van der Waals surface area contributed by atoms with Gasteiger partial charge in [0.25, 0.3) is 0 Å². The molecule has 0 fully saturated rings. The Bertz CT molecular complexity index is 751. The first-order chi connectivity index (χ1) is 9.20. The molecule has 0 aliphatic heterocycles. The number of para-hydroxylation sites is 1. The average Bonchev–Trinajstić information content (AvgIpc) is 2.74. The number of hydrogen-bond donors (Lipinski definition) is 0. The predicted octanol–water partition coefficient (Wildman–Crippen LogP) is 4.25. The third-order valence-electron chi connectivity index (χ3n) is 3.20. The normalized spacial score (nSPS) is 10.9. The Morgan fingerprint density at radius 2 is 1.89 bits per heavy atom. The van der Waals surface area contributed by atoms with E-state index in [1.807, 2.05) is 35.8 Å². The van der Waals surface area contributed by atoms with Gasteiger partial charge in [-0.15, -0.1) is 0 Å². The lowest BCUT2D eigenvalue weighted by atomic mass is 10.2. The first-order valence-electron chi connectivity index (χ1n) is 5.94. The molecular formula is C15H13FNOP. The summed E-state index contributed by atoms with van der Waals surface area (Å²) >= 11 is 0. The highest BCUT2D eigenvalue weighted by Crippen LogP contribution is 2.27. The van der Waals surface area contributed by atoms with E-state index in [0.717, 1.165) is 22.3 Å². The van der Waals surface area contributed by atoms with E-state index in [4.69, 9.17) is 4.52 Å². The summed E-state index contributed by atoms with van der Waals surface area (Å²) in [5.74, 6) is -0.146. The van der Waals surface area contributed by atoms with Gasteiger partial charge >= 0.3 is 0 Å². The fourth-order valence-corrected chi connectivity index (χ4v) is 2.55. The van der Waals surface area contributed by atoms with Gasteiger partial charge in [-0.05, 0) is 31.2 Å². The van der Waals surface area contributed by atoms with Gasteiger partial charge in [0.1, 0.15) is 0 Å². The fraction of sp³-hybridized carbons (Fsp3) is 0.0667. The number of halogens is 1. The Hall–Kier alpha value is -1.86. The summed E-state index contributed by atoms with van der Waals surface area (Å²) < 4.78 is 20.7. The van der Waals surface area contributed by atoms with Crippen LogP contribution in [0.4, 0.5) is 4.39 Å². The minimum absolute atomic E-state index is 0.225. The standard InChI is InChI=1S/C15H13FNOP/c1-10-8-11-4-2-3-5-14(11)17(10)12-6-7-15(18-19)13(16)9-12/h2-9H,19H2,1H3. The van der Waals surface area contributed by atoms with Crippen LogP contribution in [0.25, 0.3) is 16.6 Å². The minimum atomic E-state index is -0.371. The van der Waals surface area contributed by atoms with Crippen molar-refractivity contribution in [3.8, 4) is 11.4 Å². The lowest BCUT2D eigenvalue weighted by molar-refractivity contribution is 0.541. The van der Waals surface area contributed by atoms with Crippen LogP contribution in [0.1, 0.15) is 5.69 Å². The lowest BCUT2D eigenvalue weighted by Gasteiger charge is -2.10. The van der Waals surface area contributed by atoms with E-state index in [9.17, 15) is 4.39 Å². The van der Waals surface area contributed by atoms with Crippen molar-refractivity contribution in [2.24, 2.45) is 0 Å². The number of aromatic nitrogens is 1. The molecular weight excluding hydrogens is 260 g/mol. The number of hydrogen-bond acceptors (Lipinski definition) is 1. The molecule has 1 heterocycles. The molecule has 2 aromatic carbocycles. The average molecular weight is 273 g/mol. The molecule has 1 aromatic heterocycles. The molecule has 1 atom stereocenters. The van der Waals surface area contributed by atoms with Crippen molar-refractivity contribution in [3.05, 3.63) is 60.0 Å². The summed E-state index contributed by atoms with van der Waals surface area (Å²) in [5.41, 5.74) is 2.93. The van der Waals surface area contributed by atoms with Crippen LogP contribution in [-0.4, -0.2) is 4.57 Å². The third-order valence-corrected chi connectivity index (χ3v) is 3.45. The Morgan fingerprint density at radius 3 is 2.63 bits per heavy atom. The van der Waals surface area contributed by atoms with Gasteiger partial charge in [-0.1, -0.05) is 18.2 Å². The summed E-state index contributed by atoms with van der Waals surface area (Å²) in [6.45, 7) is 2.01. The second-order valence-corrected chi connectivity index (χ2v) is 4.65. The maximum atomic E-state index is 13.8. The zero-order chi connectivity index (χ0) is 13.4. The van der Waals surface area contributed by atoms with Gasteiger partial charge in [0.15, 0.2) is 11.6 Å². The van der Waals surface area contributed by atoms with Crippen molar-refractivity contribution in [2.75, 3.05) is 0 Å². The SMILES string of the molecule is Cc1cc2ccccc2n1-c1ccc(OP)c(F)c1. The largest absolute Gasteiger partial charge is 0.477 e. The fourth-order valence-electron chi connectivity index (χ4n) is 2.36. The van der Waals surface area contributed by atoms with Gasteiger partial charge in [-0.3, -0.25) is 0 Å². The van der Waals surface area contributed by atoms with E-state index >= 15 is 0 Å². The third kappa shape index (κ3) is 2.00. The van der Waals surface area contributed by atoms with E-state index in [2.05, 4.69) is 21.6 Å². The van der Waals surface area contributed by atoms with Crippen LogP contribution in [0.2, 0.25) is 0 Å². The van der Waals surface area contributed by atoms with Crippen LogP contribution in [0.5, 0.6) is 5.75 Å². The summed E-state index contributed by atoms with van der Waals surface area (Å²) in [4.78, 5) is 0. The molecule has 0 spiro atoms. The smallest absolute Gasteiger partial charge is 0.167 e. The quantitative estimate of drug-likeness (QED) is 0.637. The van der Waals surface area contributed by atoms with Gasteiger partial charge < -0.3 is 9.09 Å². The van der Waals surface area contributed by atoms with Crippen LogP contribution < -0.4 is 4.52 Å². The second kappa shape index (κ2) is 4.67. The summed E-state index contributed by atoms with van der Waals surface area (Å²) in [7, 11) is 2.05. The zero-order valence-corrected chi connectivity index (χ0v) is 11.6. The van der Waals surface area contributed by atoms with Gasteiger partial charge in [0.05, 0.1) is 15.0 Å². The van der Waals surface area contributed by atoms with Crippen molar-refractivity contribution in [1.29, 1.82) is 0 Å². The second-order valence-electron chi connectivity index (χ2n) is 4.41. The van der Waals surface area contributed by atoms with Gasteiger partial charge in [-0.25, -0.2) is 4.39 Å². The van der Waals surface area contributed by atoms with Gasteiger partial charge in [-0.2, -0.15) is 0 Å². The maximum Gasteiger partial charge on any atom is 0.167 e. The van der Waals surface area contributed by atoms with Crippen molar-refractivity contribution >= 4 is 20.4 Å². The minimum Gasteiger partial charge on any atom is -0.477 e. The van der Waals surface area contributed by atoms with E-state index < -0.39 is 0 Å². The van der Waals surface area contributed by atoms with Crippen molar-refractivity contribution in [1.82, 2.24) is 4.57 Å². The molecule has 19 heavy (non-hydrogen) atoms. The molecule has 0 N–H and O–H groups in total. The van der Waals surface area contributed by atoms with Crippen LogP contribution in [0.3, 0.4) is 0 Å². The summed E-state index contributed by atoms with van der Waals surface area (Å²) in [5, 5.41) is 1.15. The summed E-state index contributed by atoms with van der Waals surface area (Å²) in [6.07, 6.45) is 0. The monoisotopic (exact) mass is 273 g/mol. The van der Waals surface area contributed by atoms with Crippen LogP contribution in [-0.2, 0) is 0 Å². The molecule has 96 valence electrons. The summed E-state index contributed by atoms with van der Waals surface area (Å²) in [6, 6.07) is 15.1. The Balaban J connectivity index is 2.24. The zero-order valence-electron chi connectivity index (χ0n) is 10.4. The highest BCUT2D eigenvalue weighted by Gasteiger charge is 2.10. The Morgan fingerprint density at radius 1 is 1.11 bits per heavy atom. The first kappa shape index (κ1) is 12.2. The Kier molecular flexibility index (Phi) is 3.00. The molecule has 0 amide bonds. The number of fused-ring (bicyclic) bond motifs is 1. The molecule has 0 bridgehead atoms. The molecule has 0 saturated carbocycles. The molecule has 4 heteroatoms. The van der Waals surface area contributed by atoms with Gasteiger partial charge in [0, 0.05) is 22.8 Å². The first-order valence-corrected chi connectivity index (χ1v) is 6.41. The predicted molar refractivity (Wildman–Crippen MR) is 78.3 cm³/mol. The highest BCUT2D eigenvalue weighted by atomic mass is 31.0. The van der Waals surface area contributed by atoms with Gasteiger partial charge in [0.2, 0.25) is 0 Å². The molecule has 2 nitrogen and oxygen atoms in total. The molecule has 0 radical (unpaired) electrons. The molecule has 0 aliphatic rings. The topological polar surface area (TPSA) is 14.2 Å². The number of nitrogens with zero attached hydrogens (tertiary/aromatic N) is 1. The molecule has 0 saturated heterocycles.